The molecule has 5 heteroatoms. The van der Waals surface area contributed by atoms with Gasteiger partial charge in [-0.3, -0.25) is 9.59 Å². The summed E-state index contributed by atoms with van der Waals surface area (Å²) in [5.74, 6) is -0.189. The maximum Gasteiger partial charge on any atom is 0.305 e. The van der Waals surface area contributed by atoms with Crippen LogP contribution in [-0.4, -0.2) is 30.1 Å². The van der Waals surface area contributed by atoms with E-state index in [-0.39, 0.29) is 18.9 Å². The number of hydrogen-bond donors (Lipinski definition) is 2. The van der Waals surface area contributed by atoms with Crippen LogP contribution in [0.1, 0.15) is 37.0 Å². The highest BCUT2D eigenvalue weighted by atomic mass is 16.5. The molecule has 0 aromatic heterocycles. The molecule has 2 N–H and O–H groups in total. The average Bonchev–Trinajstić information content (AvgIpc) is 2.38. The second-order valence-corrected chi connectivity index (χ2v) is 4.93. The molecule has 1 aromatic rings. The number of carboxylic acid groups (broad SMARTS) is 1. The Morgan fingerprint density at radius 1 is 1.30 bits per heavy atom. The van der Waals surface area contributed by atoms with Crippen molar-refractivity contribution in [1.29, 1.82) is 0 Å². The van der Waals surface area contributed by atoms with E-state index in [1.165, 1.54) is 0 Å². The van der Waals surface area contributed by atoms with E-state index in [0.717, 1.165) is 6.42 Å². The van der Waals surface area contributed by atoms with Gasteiger partial charge < -0.3 is 15.2 Å². The Morgan fingerprint density at radius 2 is 2.00 bits per heavy atom. The van der Waals surface area contributed by atoms with Crippen molar-refractivity contribution in [3.8, 4) is 5.75 Å². The Hall–Kier alpha value is -2.04. The van der Waals surface area contributed by atoms with Crippen LogP contribution < -0.4 is 10.1 Å². The Bertz CT molecular complexity index is 457. The molecule has 5 nitrogen and oxygen atoms in total. The third-order valence-corrected chi connectivity index (χ3v) is 2.71. The normalized spacial score (nSPS) is 10.3. The summed E-state index contributed by atoms with van der Waals surface area (Å²) < 4.78 is 5.62. The van der Waals surface area contributed by atoms with E-state index >= 15 is 0 Å². The fourth-order valence-electron chi connectivity index (χ4n) is 1.56. The number of carbonyl (C=O) groups excluding carboxylic acids is 1. The maximum absolute atomic E-state index is 12.0. The number of ether oxygens (including phenoxy) is 1. The molecule has 0 radical (unpaired) electrons. The zero-order valence-corrected chi connectivity index (χ0v) is 11.9. The quantitative estimate of drug-likeness (QED) is 0.765. The molecule has 0 fully saturated rings. The summed E-state index contributed by atoms with van der Waals surface area (Å²) >= 11 is 0. The summed E-state index contributed by atoms with van der Waals surface area (Å²) in [5, 5.41) is 11.1. The van der Waals surface area contributed by atoms with Crippen LogP contribution in [0.15, 0.2) is 24.3 Å². The summed E-state index contributed by atoms with van der Waals surface area (Å²) in [6.07, 6.45) is 0.817. The predicted octanol–water partition coefficient (Wildman–Crippen LogP) is 2.32. The Balaban J connectivity index is 2.59. The van der Waals surface area contributed by atoms with Gasteiger partial charge in [0.05, 0.1) is 18.6 Å². The number of hydrogen-bond acceptors (Lipinski definition) is 3. The Morgan fingerprint density at radius 3 is 2.65 bits per heavy atom. The van der Waals surface area contributed by atoms with Gasteiger partial charge in [-0.2, -0.15) is 0 Å². The van der Waals surface area contributed by atoms with Gasteiger partial charge in [0.1, 0.15) is 5.75 Å². The smallest absolute Gasteiger partial charge is 0.305 e. The summed E-state index contributed by atoms with van der Waals surface area (Å²) in [4.78, 5) is 22.4. The van der Waals surface area contributed by atoms with Gasteiger partial charge in [0.15, 0.2) is 0 Å². The molecule has 1 amide bonds. The van der Waals surface area contributed by atoms with E-state index in [1.54, 1.807) is 24.3 Å². The zero-order valence-electron chi connectivity index (χ0n) is 11.9. The summed E-state index contributed by atoms with van der Waals surface area (Å²) in [6.45, 7) is 4.87. The first-order valence-electron chi connectivity index (χ1n) is 6.72. The number of nitrogens with one attached hydrogen (secondary N) is 1. The van der Waals surface area contributed by atoms with E-state index in [4.69, 9.17) is 9.84 Å². The fraction of sp³-hybridized carbons (Fsp3) is 0.467. The molecule has 0 saturated carbocycles. The fourth-order valence-corrected chi connectivity index (χ4v) is 1.56. The molecule has 20 heavy (non-hydrogen) atoms. The van der Waals surface area contributed by atoms with Crippen LogP contribution in [0.4, 0.5) is 0 Å². The minimum atomic E-state index is -0.938. The van der Waals surface area contributed by atoms with Gasteiger partial charge in [-0.15, -0.1) is 0 Å². The minimum absolute atomic E-state index is 0.0951. The first-order chi connectivity index (χ1) is 9.50. The van der Waals surface area contributed by atoms with Crippen molar-refractivity contribution < 1.29 is 19.4 Å². The molecule has 0 atom stereocenters. The topological polar surface area (TPSA) is 75.6 Å². The highest BCUT2D eigenvalue weighted by Gasteiger charge is 2.12. The second kappa shape index (κ2) is 8.19. The Labute approximate surface area is 118 Å². The van der Waals surface area contributed by atoms with Gasteiger partial charge in [0.2, 0.25) is 0 Å². The van der Waals surface area contributed by atoms with Gasteiger partial charge in [-0.05, 0) is 24.5 Å². The van der Waals surface area contributed by atoms with Crippen molar-refractivity contribution in [2.24, 2.45) is 5.92 Å². The van der Waals surface area contributed by atoms with Gasteiger partial charge >= 0.3 is 5.97 Å². The predicted molar refractivity (Wildman–Crippen MR) is 76.0 cm³/mol. The van der Waals surface area contributed by atoms with Gasteiger partial charge in [-0.1, -0.05) is 26.0 Å². The number of benzene rings is 1. The molecule has 0 aliphatic heterocycles. The summed E-state index contributed by atoms with van der Waals surface area (Å²) in [7, 11) is 0. The number of rotatable bonds is 8. The van der Waals surface area contributed by atoms with E-state index in [0.29, 0.717) is 23.8 Å². The largest absolute Gasteiger partial charge is 0.493 e. The van der Waals surface area contributed by atoms with Crippen molar-refractivity contribution in [3.63, 3.8) is 0 Å². The van der Waals surface area contributed by atoms with E-state index in [2.05, 4.69) is 19.2 Å². The number of amides is 1. The highest BCUT2D eigenvalue weighted by Crippen LogP contribution is 2.18. The van der Waals surface area contributed by atoms with Crippen molar-refractivity contribution in [2.75, 3.05) is 13.2 Å². The number of carboxylic acids is 1. The first-order valence-corrected chi connectivity index (χ1v) is 6.72. The molecule has 0 bridgehead atoms. The summed E-state index contributed by atoms with van der Waals surface area (Å²) in [5.41, 5.74) is 0.432. The number of carbonyl (C=O) groups is 2. The molecule has 0 spiro atoms. The molecule has 0 unspecified atom stereocenters. The average molecular weight is 279 g/mol. The molecular formula is C15H21NO4. The molecule has 110 valence electrons. The van der Waals surface area contributed by atoms with E-state index < -0.39 is 5.97 Å². The van der Waals surface area contributed by atoms with Crippen LogP contribution in [0.5, 0.6) is 5.75 Å². The van der Waals surface area contributed by atoms with E-state index in [1.807, 2.05) is 0 Å². The summed E-state index contributed by atoms with van der Waals surface area (Å²) in [6, 6.07) is 6.97. The third-order valence-electron chi connectivity index (χ3n) is 2.71. The van der Waals surface area contributed by atoms with Gasteiger partial charge in [0.25, 0.3) is 5.91 Å². The SMILES string of the molecule is CC(C)CCOc1ccccc1C(=O)NCCC(=O)O. The van der Waals surface area contributed by atoms with Gasteiger partial charge in [0, 0.05) is 6.54 Å². The monoisotopic (exact) mass is 279 g/mol. The van der Waals surface area contributed by atoms with Crippen LogP contribution in [0.25, 0.3) is 0 Å². The lowest BCUT2D eigenvalue weighted by Gasteiger charge is -2.12. The molecule has 0 aliphatic rings. The molecule has 0 aliphatic carbocycles. The standard InChI is InChI=1S/C15H21NO4/c1-11(2)8-10-20-13-6-4-3-5-12(13)15(19)16-9-7-14(17)18/h3-6,11H,7-10H2,1-2H3,(H,16,19)(H,17,18). The van der Waals surface area contributed by atoms with Crippen molar-refractivity contribution in [3.05, 3.63) is 29.8 Å². The van der Waals surface area contributed by atoms with Crippen LogP contribution >= 0.6 is 0 Å². The lowest BCUT2D eigenvalue weighted by atomic mass is 10.1. The van der Waals surface area contributed by atoms with Crippen molar-refractivity contribution in [1.82, 2.24) is 5.32 Å². The van der Waals surface area contributed by atoms with Crippen LogP contribution in [0.3, 0.4) is 0 Å². The zero-order chi connectivity index (χ0) is 15.0. The minimum Gasteiger partial charge on any atom is -0.493 e. The lowest BCUT2D eigenvalue weighted by molar-refractivity contribution is -0.136. The molecule has 1 aromatic carbocycles. The van der Waals surface area contributed by atoms with Crippen LogP contribution in [0, 0.1) is 5.92 Å². The number of aliphatic carboxylic acids is 1. The molecule has 0 heterocycles. The lowest BCUT2D eigenvalue weighted by Crippen LogP contribution is -2.26. The van der Waals surface area contributed by atoms with E-state index in [9.17, 15) is 9.59 Å². The van der Waals surface area contributed by atoms with Crippen LogP contribution in [-0.2, 0) is 4.79 Å². The second-order valence-electron chi connectivity index (χ2n) is 4.93. The number of para-hydroxylation sites is 1. The van der Waals surface area contributed by atoms with Crippen LogP contribution in [0.2, 0.25) is 0 Å². The van der Waals surface area contributed by atoms with Crippen molar-refractivity contribution >= 4 is 11.9 Å². The molecule has 1 rings (SSSR count). The highest BCUT2D eigenvalue weighted by molar-refractivity contribution is 5.97. The van der Waals surface area contributed by atoms with Gasteiger partial charge in [-0.25, -0.2) is 0 Å². The first kappa shape index (κ1) is 16.0. The van der Waals surface area contributed by atoms with Crippen molar-refractivity contribution in [2.45, 2.75) is 26.7 Å². The third kappa shape index (κ3) is 5.73. The Kier molecular flexibility index (Phi) is 6.56. The molecule has 0 saturated heterocycles. The maximum atomic E-state index is 12.0. The molecular weight excluding hydrogens is 258 g/mol.